The van der Waals surface area contributed by atoms with Crippen molar-refractivity contribution < 1.29 is 19.2 Å². The van der Waals surface area contributed by atoms with E-state index in [0.29, 0.717) is 6.54 Å². The van der Waals surface area contributed by atoms with Crippen LogP contribution >= 0.6 is 0 Å². The van der Waals surface area contributed by atoms with Crippen LogP contribution in [0.15, 0.2) is 5.16 Å². The number of oxime groups is 1. The fraction of sp³-hybridized carbons (Fsp3) is 0.769. The Morgan fingerprint density at radius 1 is 1.48 bits per heavy atom. The molecule has 8 nitrogen and oxygen atoms in total. The van der Waals surface area contributed by atoms with Crippen molar-refractivity contribution in [3.05, 3.63) is 0 Å². The number of carbonyl (C=O) groups is 2. The Hall–Kier alpha value is -1.83. The first-order valence-electron chi connectivity index (χ1n) is 6.96. The molecule has 0 aromatic rings. The molecule has 0 unspecified atom stereocenters. The molecule has 0 aromatic carbocycles. The second-order valence-electron chi connectivity index (χ2n) is 5.83. The van der Waals surface area contributed by atoms with Crippen LogP contribution < -0.4 is 11.3 Å². The van der Waals surface area contributed by atoms with E-state index in [2.05, 4.69) is 5.16 Å². The number of nitrogens with zero attached hydrogens (tertiary/aromatic N) is 2. The molecule has 1 aliphatic rings. The third kappa shape index (κ3) is 6.44. The molecule has 1 aliphatic heterocycles. The van der Waals surface area contributed by atoms with E-state index in [1.165, 1.54) is 6.21 Å². The summed E-state index contributed by atoms with van der Waals surface area (Å²) in [7, 11) is 0. The first-order valence-corrected chi connectivity index (χ1v) is 6.96. The van der Waals surface area contributed by atoms with Gasteiger partial charge in [-0.3, -0.25) is 10.2 Å². The largest absolute Gasteiger partial charge is 0.444 e. The maximum absolute atomic E-state index is 12.0. The zero-order valence-corrected chi connectivity index (χ0v) is 12.8. The zero-order valence-electron chi connectivity index (χ0n) is 12.8. The average molecular weight is 300 g/mol. The van der Waals surface area contributed by atoms with Gasteiger partial charge in [-0.1, -0.05) is 5.16 Å². The Morgan fingerprint density at radius 3 is 2.81 bits per heavy atom. The summed E-state index contributed by atoms with van der Waals surface area (Å²) in [6, 6.07) is -0.0552. The molecule has 1 heterocycles. The SMILES string of the molecule is CC(C)(C)OC(=O)N1CCC[C@@H]1CO/N=C/CC(=O)NN. The molecular formula is C13H24N4O4. The highest BCUT2D eigenvalue weighted by molar-refractivity contribution is 5.89. The monoisotopic (exact) mass is 300 g/mol. The number of rotatable bonds is 5. The van der Waals surface area contributed by atoms with Crippen LogP contribution in [-0.2, 0) is 14.4 Å². The van der Waals surface area contributed by atoms with Gasteiger partial charge in [-0.15, -0.1) is 0 Å². The van der Waals surface area contributed by atoms with Crippen molar-refractivity contribution in [1.29, 1.82) is 0 Å². The van der Waals surface area contributed by atoms with Gasteiger partial charge in [0.1, 0.15) is 12.2 Å². The number of nitrogens with two attached hydrogens (primary N) is 1. The van der Waals surface area contributed by atoms with Crippen molar-refractivity contribution in [2.45, 2.75) is 51.7 Å². The first kappa shape index (κ1) is 17.2. The van der Waals surface area contributed by atoms with Gasteiger partial charge in [0, 0.05) is 6.54 Å². The van der Waals surface area contributed by atoms with E-state index in [0.717, 1.165) is 12.8 Å². The Labute approximate surface area is 124 Å². The molecule has 2 amide bonds. The van der Waals surface area contributed by atoms with Gasteiger partial charge in [0.2, 0.25) is 5.91 Å². The predicted octanol–water partition coefficient (Wildman–Crippen LogP) is 0.768. The van der Waals surface area contributed by atoms with Crippen molar-refractivity contribution in [1.82, 2.24) is 10.3 Å². The second-order valence-corrected chi connectivity index (χ2v) is 5.83. The summed E-state index contributed by atoms with van der Waals surface area (Å²) < 4.78 is 5.35. The Kier molecular flexibility index (Phi) is 6.41. The molecule has 0 spiro atoms. The first-order chi connectivity index (χ1) is 9.83. The molecule has 1 rings (SSSR count). The van der Waals surface area contributed by atoms with Gasteiger partial charge in [0.15, 0.2) is 0 Å². The van der Waals surface area contributed by atoms with E-state index < -0.39 is 5.60 Å². The molecule has 1 saturated heterocycles. The minimum Gasteiger partial charge on any atom is -0.444 e. The molecule has 0 saturated carbocycles. The lowest BCUT2D eigenvalue weighted by molar-refractivity contribution is -0.119. The molecule has 1 fully saturated rings. The Morgan fingerprint density at radius 2 is 2.19 bits per heavy atom. The average Bonchev–Trinajstić information content (AvgIpc) is 2.84. The highest BCUT2D eigenvalue weighted by atomic mass is 16.6. The van der Waals surface area contributed by atoms with Gasteiger partial charge in [-0.25, -0.2) is 10.6 Å². The van der Waals surface area contributed by atoms with Gasteiger partial charge in [0.25, 0.3) is 0 Å². The predicted molar refractivity (Wildman–Crippen MR) is 77.4 cm³/mol. The minimum atomic E-state index is -0.515. The molecule has 0 radical (unpaired) electrons. The fourth-order valence-electron chi connectivity index (χ4n) is 1.93. The normalized spacial score (nSPS) is 18.9. The molecular weight excluding hydrogens is 276 g/mol. The molecule has 0 aromatic heterocycles. The van der Waals surface area contributed by atoms with E-state index in [1.54, 1.807) is 4.90 Å². The summed E-state index contributed by atoms with van der Waals surface area (Å²) in [5.74, 6) is 4.58. The highest BCUT2D eigenvalue weighted by Crippen LogP contribution is 2.21. The maximum Gasteiger partial charge on any atom is 0.410 e. The van der Waals surface area contributed by atoms with Crippen molar-refractivity contribution >= 4 is 18.2 Å². The number of likely N-dealkylation sites (tertiary alicyclic amines) is 1. The Bertz CT molecular complexity index is 392. The lowest BCUT2D eigenvalue weighted by Gasteiger charge is -2.27. The summed E-state index contributed by atoms with van der Waals surface area (Å²) in [5, 5.41) is 3.67. The molecule has 21 heavy (non-hydrogen) atoms. The number of ether oxygens (including phenoxy) is 1. The third-order valence-corrected chi connectivity index (χ3v) is 2.86. The van der Waals surface area contributed by atoms with Crippen LogP contribution in [-0.4, -0.2) is 47.9 Å². The van der Waals surface area contributed by atoms with Crippen LogP contribution in [0.5, 0.6) is 0 Å². The Balaban J connectivity index is 2.37. The van der Waals surface area contributed by atoms with Crippen LogP contribution in [0.4, 0.5) is 4.79 Å². The van der Waals surface area contributed by atoms with E-state index in [4.69, 9.17) is 15.4 Å². The number of carbonyl (C=O) groups excluding carboxylic acids is 2. The summed E-state index contributed by atoms with van der Waals surface area (Å²) in [5.41, 5.74) is 1.47. The minimum absolute atomic E-state index is 0.0525. The van der Waals surface area contributed by atoms with Gasteiger partial charge >= 0.3 is 6.09 Å². The number of hydrogen-bond acceptors (Lipinski definition) is 6. The van der Waals surface area contributed by atoms with Crippen molar-refractivity contribution in [2.75, 3.05) is 13.2 Å². The van der Waals surface area contributed by atoms with Crippen LogP contribution in [0.1, 0.15) is 40.0 Å². The maximum atomic E-state index is 12.0. The second kappa shape index (κ2) is 7.82. The van der Waals surface area contributed by atoms with Crippen molar-refractivity contribution in [3.63, 3.8) is 0 Å². The smallest absolute Gasteiger partial charge is 0.410 e. The molecule has 8 heteroatoms. The quantitative estimate of drug-likeness (QED) is 0.337. The number of hydrogen-bond donors (Lipinski definition) is 2. The number of nitrogens with one attached hydrogen (secondary N) is 1. The lowest BCUT2D eigenvalue weighted by Crippen LogP contribution is -2.41. The summed E-state index contributed by atoms with van der Waals surface area (Å²) >= 11 is 0. The van der Waals surface area contributed by atoms with Gasteiger partial charge in [-0.2, -0.15) is 0 Å². The zero-order chi connectivity index (χ0) is 15.9. The molecule has 0 aliphatic carbocycles. The molecule has 1 atom stereocenters. The fourth-order valence-corrected chi connectivity index (χ4v) is 1.93. The van der Waals surface area contributed by atoms with Gasteiger partial charge < -0.3 is 14.5 Å². The van der Waals surface area contributed by atoms with Crippen LogP contribution in [0.2, 0.25) is 0 Å². The van der Waals surface area contributed by atoms with E-state index in [9.17, 15) is 9.59 Å². The van der Waals surface area contributed by atoms with Gasteiger partial charge in [0.05, 0.1) is 18.7 Å². The van der Waals surface area contributed by atoms with Crippen LogP contribution in [0.25, 0.3) is 0 Å². The number of amides is 2. The van der Waals surface area contributed by atoms with Crippen molar-refractivity contribution in [3.8, 4) is 0 Å². The lowest BCUT2D eigenvalue weighted by atomic mass is 10.2. The summed E-state index contributed by atoms with van der Waals surface area (Å²) in [6.07, 6.45) is 2.80. The highest BCUT2D eigenvalue weighted by Gasteiger charge is 2.32. The van der Waals surface area contributed by atoms with Gasteiger partial charge in [-0.05, 0) is 33.6 Å². The third-order valence-electron chi connectivity index (χ3n) is 2.86. The molecule has 3 N–H and O–H groups in total. The van der Waals surface area contributed by atoms with E-state index in [1.807, 2.05) is 26.2 Å². The van der Waals surface area contributed by atoms with E-state index >= 15 is 0 Å². The van der Waals surface area contributed by atoms with E-state index in [-0.39, 0.29) is 31.1 Å². The van der Waals surface area contributed by atoms with Crippen LogP contribution in [0, 0.1) is 0 Å². The number of hydrazine groups is 1. The topological polar surface area (TPSA) is 106 Å². The standard InChI is InChI=1S/C13H24N4O4/c1-13(2,3)21-12(19)17-8-4-5-10(17)9-20-15-7-6-11(18)16-14/h7,10H,4-6,8-9,14H2,1-3H3,(H,16,18)/b15-7+/t10-/m1/s1. The summed E-state index contributed by atoms with van der Waals surface area (Å²) in [4.78, 5) is 29.7. The van der Waals surface area contributed by atoms with Crippen molar-refractivity contribution in [2.24, 2.45) is 11.0 Å². The summed E-state index contributed by atoms with van der Waals surface area (Å²) in [6.45, 7) is 6.43. The molecule has 0 bridgehead atoms. The molecule has 120 valence electrons. The van der Waals surface area contributed by atoms with Crippen LogP contribution in [0.3, 0.4) is 0 Å².